The van der Waals surface area contributed by atoms with Gasteiger partial charge >= 0.3 is 13.2 Å². The second-order valence-electron chi connectivity index (χ2n) is 11.0. The van der Waals surface area contributed by atoms with E-state index in [0.717, 1.165) is 16.7 Å². The van der Waals surface area contributed by atoms with Crippen molar-refractivity contribution in [3.05, 3.63) is 99.5 Å². The minimum Gasteiger partial charge on any atom is -0.449 e. The van der Waals surface area contributed by atoms with Gasteiger partial charge in [-0.15, -0.1) is 0 Å². The Hall–Kier alpha value is -3.10. The number of carbonyl (C=O) groups excluding carboxylic acids is 1. The van der Waals surface area contributed by atoms with Crippen LogP contribution in [0.5, 0.6) is 0 Å². The van der Waals surface area contributed by atoms with Gasteiger partial charge in [0.05, 0.1) is 17.8 Å². The van der Waals surface area contributed by atoms with Crippen molar-refractivity contribution in [3.8, 4) is 11.1 Å². The first-order valence-corrected chi connectivity index (χ1v) is 13.5. The molecule has 1 aliphatic carbocycles. The zero-order chi connectivity index (χ0) is 27.8. The molecule has 1 saturated heterocycles. The summed E-state index contributed by atoms with van der Waals surface area (Å²) in [6.45, 7) is 8.15. The van der Waals surface area contributed by atoms with Crippen molar-refractivity contribution < 1.29 is 23.9 Å². The number of nitrogens with one attached hydrogen (secondary N) is 1. The molecule has 3 aromatic carbocycles. The van der Waals surface area contributed by atoms with E-state index in [4.69, 9.17) is 25.6 Å². The summed E-state index contributed by atoms with van der Waals surface area (Å²) in [5.41, 5.74) is 5.65. The molecule has 5 rings (SSSR count). The van der Waals surface area contributed by atoms with E-state index < -0.39 is 24.4 Å². The van der Waals surface area contributed by atoms with E-state index in [1.165, 1.54) is 11.1 Å². The van der Waals surface area contributed by atoms with Gasteiger partial charge < -0.3 is 24.5 Å². The third-order valence-electron chi connectivity index (χ3n) is 7.92. The molecule has 0 spiro atoms. The van der Waals surface area contributed by atoms with E-state index in [9.17, 15) is 9.90 Å². The monoisotopic (exact) mass is 545 g/mol. The minimum absolute atomic E-state index is 0.0266. The predicted molar refractivity (Wildman–Crippen MR) is 155 cm³/mol. The van der Waals surface area contributed by atoms with Gasteiger partial charge in [-0.2, -0.15) is 0 Å². The van der Waals surface area contributed by atoms with Crippen LogP contribution in [-0.4, -0.2) is 42.7 Å². The maximum atomic E-state index is 12.9. The Morgan fingerprint density at radius 3 is 2.18 bits per heavy atom. The lowest BCUT2D eigenvalue weighted by Crippen LogP contribution is -2.41. The highest BCUT2D eigenvalue weighted by atomic mass is 35.5. The van der Waals surface area contributed by atoms with Crippen molar-refractivity contribution >= 4 is 30.9 Å². The maximum absolute atomic E-state index is 12.9. The summed E-state index contributed by atoms with van der Waals surface area (Å²) >= 11 is 6.46. The van der Waals surface area contributed by atoms with E-state index >= 15 is 0 Å². The first-order chi connectivity index (χ1) is 18.6. The summed E-state index contributed by atoms with van der Waals surface area (Å²) in [5, 5.41) is 13.0. The molecule has 3 aromatic rings. The molecule has 0 unspecified atom stereocenters. The lowest BCUT2D eigenvalue weighted by molar-refractivity contribution is 0.00578. The van der Waals surface area contributed by atoms with Crippen LogP contribution in [0, 0.1) is 0 Å². The number of alkyl carbamates (subject to hydrolysis) is 1. The smallest absolute Gasteiger partial charge is 0.449 e. The van der Waals surface area contributed by atoms with Crippen LogP contribution < -0.4 is 5.32 Å². The Labute approximate surface area is 235 Å². The second kappa shape index (κ2) is 10.8. The molecule has 39 heavy (non-hydrogen) atoms. The highest BCUT2D eigenvalue weighted by molar-refractivity contribution is 6.56. The Balaban J connectivity index is 1.32. The maximum Gasteiger partial charge on any atom is 0.492 e. The molecule has 1 heterocycles. The van der Waals surface area contributed by atoms with Crippen molar-refractivity contribution in [2.24, 2.45) is 0 Å². The lowest BCUT2D eigenvalue weighted by atomic mass is 9.77. The van der Waals surface area contributed by atoms with Crippen molar-refractivity contribution in [2.45, 2.75) is 51.4 Å². The van der Waals surface area contributed by atoms with Crippen LogP contribution in [0.1, 0.15) is 55.9 Å². The molecule has 1 fully saturated rings. The van der Waals surface area contributed by atoms with Crippen LogP contribution in [0.15, 0.2) is 72.2 Å². The summed E-state index contributed by atoms with van der Waals surface area (Å²) in [7, 11) is -0.697. The molecular weight excluding hydrogens is 513 g/mol. The Kier molecular flexibility index (Phi) is 7.62. The predicted octanol–water partition coefficient (Wildman–Crippen LogP) is 6.39. The summed E-state index contributed by atoms with van der Waals surface area (Å²) < 4.78 is 18.3. The molecular formula is C31H33BClNO5. The SMILES string of the molecule is CC1(C)OB(C(=Cc2cc(CO)ccc2Cl)CNC(=O)OCC2c3ccccc3-c3ccccc32)OC1(C)C. The number of halogens is 1. The molecule has 6 nitrogen and oxygen atoms in total. The van der Waals surface area contributed by atoms with Gasteiger partial charge in [0, 0.05) is 17.5 Å². The number of rotatable bonds is 7. The molecule has 202 valence electrons. The van der Waals surface area contributed by atoms with Gasteiger partial charge in [-0.05, 0) is 78.7 Å². The van der Waals surface area contributed by atoms with Gasteiger partial charge in [0.25, 0.3) is 0 Å². The van der Waals surface area contributed by atoms with Crippen molar-refractivity contribution in [3.63, 3.8) is 0 Å². The lowest BCUT2D eigenvalue weighted by Gasteiger charge is -2.32. The quantitative estimate of drug-likeness (QED) is 0.337. The van der Waals surface area contributed by atoms with Gasteiger partial charge in [-0.1, -0.05) is 72.3 Å². The average Bonchev–Trinajstić information content (AvgIpc) is 3.35. The molecule has 2 N–H and O–H groups in total. The highest BCUT2D eigenvalue weighted by Gasteiger charge is 2.52. The van der Waals surface area contributed by atoms with Gasteiger partial charge in [0.15, 0.2) is 0 Å². The number of amides is 1. The van der Waals surface area contributed by atoms with Crippen LogP contribution in [0.3, 0.4) is 0 Å². The fourth-order valence-electron chi connectivity index (χ4n) is 5.02. The number of carbonyl (C=O) groups is 1. The third-order valence-corrected chi connectivity index (χ3v) is 8.26. The summed E-state index contributed by atoms with van der Waals surface area (Å²) in [4.78, 5) is 12.9. The second-order valence-corrected chi connectivity index (χ2v) is 11.4. The summed E-state index contributed by atoms with van der Waals surface area (Å²) in [5.74, 6) is -0.0266. The fourth-order valence-corrected chi connectivity index (χ4v) is 5.19. The van der Waals surface area contributed by atoms with Crippen LogP contribution in [-0.2, 0) is 20.7 Å². The zero-order valence-corrected chi connectivity index (χ0v) is 23.4. The Bertz CT molecular complexity index is 1360. The average molecular weight is 546 g/mol. The fraction of sp³-hybridized carbons (Fsp3) is 0.323. The molecule has 8 heteroatoms. The highest BCUT2D eigenvalue weighted by Crippen LogP contribution is 2.44. The Morgan fingerprint density at radius 2 is 1.59 bits per heavy atom. The third kappa shape index (κ3) is 5.50. The number of fused-ring (bicyclic) bond motifs is 3. The normalized spacial score (nSPS) is 17.6. The largest absolute Gasteiger partial charge is 0.492 e. The van der Waals surface area contributed by atoms with E-state index in [1.54, 1.807) is 18.2 Å². The van der Waals surface area contributed by atoms with E-state index in [2.05, 4.69) is 29.6 Å². The van der Waals surface area contributed by atoms with Crippen molar-refractivity contribution in [2.75, 3.05) is 13.2 Å². The number of aliphatic hydroxyl groups is 1. The Morgan fingerprint density at radius 1 is 1.00 bits per heavy atom. The van der Waals surface area contributed by atoms with E-state index in [0.29, 0.717) is 16.1 Å². The zero-order valence-electron chi connectivity index (χ0n) is 22.7. The van der Waals surface area contributed by atoms with Crippen molar-refractivity contribution in [1.82, 2.24) is 5.32 Å². The molecule has 0 radical (unpaired) electrons. The topological polar surface area (TPSA) is 77.0 Å². The van der Waals surface area contributed by atoms with Gasteiger partial charge in [0.1, 0.15) is 6.61 Å². The number of ether oxygens (including phenoxy) is 1. The van der Waals surface area contributed by atoms with Crippen molar-refractivity contribution in [1.29, 1.82) is 0 Å². The van der Waals surface area contributed by atoms with E-state index in [1.807, 2.05) is 58.0 Å². The molecule has 0 bridgehead atoms. The van der Waals surface area contributed by atoms with Gasteiger partial charge in [0.2, 0.25) is 0 Å². The summed E-state index contributed by atoms with van der Waals surface area (Å²) in [6, 6.07) is 21.8. The number of hydrogen-bond donors (Lipinski definition) is 2. The number of benzene rings is 3. The molecule has 1 amide bonds. The first-order valence-electron chi connectivity index (χ1n) is 13.1. The van der Waals surface area contributed by atoms with Crippen LogP contribution in [0.2, 0.25) is 5.02 Å². The van der Waals surface area contributed by atoms with Gasteiger partial charge in [-0.25, -0.2) is 4.79 Å². The first kappa shape index (κ1) is 27.5. The standard InChI is InChI=1S/C31H33BClNO5/c1-30(2)31(3,4)39-32(38-30)22(16-21-15-20(18-35)13-14-28(21)33)17-34-29(36)37-19-27-25-11-7-5-9-23(25)24-10-6-8-12-26(24)27/h5-16,27,35H,17-19H2,1-4H3,(H,34,36). The number of aliphatic hydroxyl groups excluding tert-OH is 1. The molecule has 0 atom stereocenters. The molecule has 0 aromatic heterocycles. The minimum atomic E-state index is -0.697. The van der Waals surface area contributed by atoms with Crippen LogP contribution in [0.4, 0.5) is 4.79 Å². The number of hydrogen-bond acceptors (Lipinski definition) is 5. The van der Waals surface area contributed by atoms with E-state index in [-0.39, 0.29) is 25.7 Å². The molecule has 1 aliphatic heterocycles. The molecule has 2 aliphatic rings. The van der Waals surface area contributed by atoms with Crippen LogP contribution in [0.25, 0.3) is 17.2 Å². The molecule has 0 saturated carbocycles. The van der Waals surface area contributed by atoms with Gasteiger partial charge in [-0.3, -0.25) is 0 Å². The summed E-state index contributed by atoms with van der Waals surface area (Å²) in [6.07, 6.45) is 1.31. The van der Waals surface area contributed by atoms with Crippen LogP contribution >= 0.6 is 11.6 Å².